The van der Waals surface area contributed by atoms with Crippen molar-refractivity contribution in [1.82, 2.24) is 0 Å². The summed E-state index contributed by atoms with van der Waals surface area (Å²) in [4.78, 5) is 0. The molecule has 0 radical (unpaired) electrons. The maximum absolute atomic E-state index is 9.01. The zero-order valence-corrected chi connectivity index (χ0v) is 13.0. The molecule has 1 aromatic rings. The van der Waals surface area contributed by atoms with Crippen LogP contribution in [0.3, 0.4) is 0 Å². The Kier molecular flexibility index (Phi) is 4.63. The lowest BCUT2D eigenvalue weighted by Gasteiger charge is -2.24. The van der Waals surface area contributed by atoms with E-state index in [-0.39, 0.29) is 10.8 Å². The number of nitriles is 1. The van der Waals surface area contributed by atoms with Gasteiger partial charge in [0.05, 0.1) is 18.1 Å². The van der Waals surface area contributed by atoms with Gasteiger partial charge in [-0.25, -0.2) is 0 Å². The number of benzene rings is 1. The van der Waals surface area contributed by atoms with E-state index in [1.807, 2.05) is 19.9 Å². The summed E-state index contributed by atoms with van der Waals surface area (Å²) in [6, 6.07) is 8.59. The number of hydrogen-bond donors (Lipinski definition) is 0. The lowest BCUT2D eigenvalue weighted by Crippen LogP contribution is -2.17. The molecule has 1 rings (SSSR count). The molecule has 0 N–H and O–H groups in total. The average Bonchev–Trinajstić information content (AvgIpc) is 2.29. The number of nitrogens with zero attached hydrogens (tertiary/aromatic N) is 1. The minimum atomic E-state index is -0.327. The second-order valence-corrected chi connectivity index (χ2v) is 6.84. The maximum atomic E-state index is 9.01. The summed E-state index contributed by atoms with van der Waals surface area (Å²) in [7, 11) is 0. The molecule has 0 unspecified atom stereocenters. The Morgan fingerprint density at radius 1 is 1.16 bits per heavy atom. The van der Waals surface area contributed by atoms with Gasteiger partial charge in [0, 0.05) is 0 Å². The number of ether oxygens (including phenoxy) is 1. The van der Waals surface area contributed by atoms with Gasteiger partial charge in [-0.15, -0.1) is 0 Å². The zero-order valence-electron chi connectivity index (χ0n) is 13.0. The lowest BCUT2D eigenvalue weighted by molar-refractivity contribution is 0.259. The van der Waals surface area contributed by atoms with Gasteiger partial charge in [0.25, 0.3) is 0 Å². The Morgan fingerprint density at radius 3 is 2.32 bits per heavy atom. The smallest absolute Gasteiger partial charge is 0.123 e. The molecular formula is C17H25NO. The first kappa shape index (κ1) is 15.6. The summed E-state index contributed by atoms with van der Waals surface area (Å²) in [5.74, 6) is 0.937. The van der Waals surface area contributed by atoms with Crippen molar-refractivity contribution in [2.75, 3.05) is 6.61 Å². The molecule has 2 heteroatoms. The molecule has 0 bridgehead atoms. The SMILES string of the molecule is Cc1ccc(OCCC(C)(C)C#N)c(C(C)(C)C)c1. The minimum Gasteiger partial charge on any atom is -0.493 e. The first-order chi connectivity index (χ1) is 8.65. The number of hydrogen-bond acceptors (Lipinski definition) is 2. The molecular weight excluding hydrogens is 234 g/mol. The molecule has 0 amide bonds. The molecule has 0 atom stereocenters. The second kappa shape index (κ2) is 5.65. The second-order valence-electron chi connectivity index (χ2n) is 6.84. The Labute approximate surface area is 117 Å². The first-order valence-electron chi connectivity index (χ1n) is 6.81. The number of rotatable bonds is 4. The molecule has 19 heavy (non-hydrogen) atoms. The highest BCUT2D eigenvalue weighted by Crippen LogP contribution is 2.32. The molecule has 0 saturated carbocycles. The highest BCUT2D eigenvalue weighted by atomic mass is 16.5. The molecule has 0 spiro atoms. The third kappa shape index (κ3) is 4.59. The average molecular weight is 259 g/mol. The van der Waals surface area contributed by atoms with Crippen LogP contribution in [0.5, 0.6) is 5.75 Å². The summed E-state index contributed by atoms with van der Waals surface area (Å²) in [6.45, 7) is 13.1. The van der Waals surface area contributed by atoms with Crippen LogP contribution in [0.1, 0.15) is 52.2 Å². The Balaban J connectivity index is 2.83. The van der Waals surface area contributed by atoms with E-state index < -0.39 is 0 Å². The zero-order chi connectivity index (χ0) is 14.7. The molecule has 104 valence electrons. The van der Waals surface area contributed by atoms with E-state index in [0.29, 0.717) is 6.61 Å². The van der Waals surface area contributed by atoms with E-state index in [1.54, 1.807) is 0 Å². The van der Waals surface area contributed by atoms with Crippen molar-refractivity contribution in [3.8, 4) is 11.8 Å². The lowest BCUT2D eigenvalue weighted by atomic mass is 9.85. The standard InChI is InChI=1S/C17H25NO/c1-13-7-8-15(14(11-13)16(2,3)4)19-10-9-17(5,6)12-18/h7-8,11H,9-10H2,1-6H3. The summed E-state index contributed by atoms with van der Waals surface area (Å²) in [6.07, 6.45) is 0.737. The van der Waals surface area contributed by atoms with Crippen LogP contribution in [0.15, 0.2) is 18.2 Å². The highest BCUT2D eigenvalue weighted by molar-refractivity contribution is 5.41. The largest absolute Gasteiger partial charge is 0.493 e. The van der Waals surface area contributed by atoms with Gasteiger partial charge in [-0.2, -0.15) is 5.26 Å². The van der Waals surface area contributed by atoms with Crippen LogP contribution in [-0.4, -0.2) is 6.61 Å². The van der Waals surface area contributed by atoms with E-state index in [2.05, 4.69) is 45.9 Å². The molecule has 0 aliphatic carbocycles. The normalized spacial score (nSPS) is 12.1. The third-order valence-electron chi connectivity index (χ3n) is 3.23. The van der Waals surface area contributed by atoms with Gasteiger partial charge in [0.1, 0.15) is 5.75 Å². The van der Waals surface area contributed by atoms with Crippen LogP contribution < -0.4 is 4.74 Å². The summed E-state index contributed by atoms with van der Waals surface area (Å²) >= 11 is 0. The van der Waals surface area contributed by atoms with E-state index in [9.17, 15) is 0 Å². The van der Waals surface area contributed by atoms with Gasteiger partial charge in [-0.1, -0.05) is 38.5 Å². The van der Waals surface area contributed by atoms with E-state index >= 15 is 0 Å². The monoisotopic (exact) mass is 259 g/mol. The van der Waals surface area contributed by atoms with Crippen molar-refractivity contribution in [3.63, 3.8) is 0 Å². The van der Waals surface area contributed by atoms with Crippen molar-refractivity contribution in [3.05, 3.63) is 29.3 Å². The van der Waals surface area contributed by atoms with E-state index in [1.165, 1.54) is 11.1 Å². The van der Waals surface area contributed by atoms with Gasteiger partial charge >= 0.3 is 0 Å². The maximum Gasteiger partial charge on any atom is 0.123 e. The fourth-order valence-corrected chi connectivity index (χ4v) is 1.83. The molecule has 2 nitrogen and oxygen atoms in total. The van der Waals surface area contributed by atoms with Crippen molar-refractivity contribution in [2.45, 2.75) is 53.4 Å². The summed E-state index contributed by atoms with van der Waals surface area (Å²) in [5.41, 5.74) is 2.20. The van der Waals surface area contributed by atoms with Crippen LogP contribution in [0.2, 0.25) is 0 Å². The van der Waals surface area contributed by atoms with Crippen molar-refractivity contribution in [2.24, 2.45) is 5.41 Å². The summed E-state index contributed by atoms with van der Waals surface area (Å²) in [5, 5.41) is 9.01. The molecule has 0 aliphatic heterocycles. The Bertz CT molecular complexity index is 475. The van der Waals surface area contributed by atoms with Crippen molar-refractivity contribution >= 4 is 0 Å². The van der Waals surface area contributed by atoms with Crippen LogP contribution in [0.4, 0.5) is 0 Å². The van der Waals surface area contributed by atoms with E-state index in [4.69, 9.17) is 10.00 Å². The molecule has 0 saturated heterocycles. The van der Waals surface area contributed by atoms with Crippen molar-refractivity contribution < 1.29 is 4.74 Å². The van der Waals surface area contributed by atoms with Gasteiger partial charge in [-0.3, -0.25) is 0 Å². The Morgan fingerprint density at radius 2 is 1.79 bits per heavy atom. The first-order valence-corrected chi connectivity index (χ1v) is 6.81. The van der Waals surface area contributed by atoms with Gasteiger partial charge in [0.15, 0.2) is 0 Å². The van der Waals surface area contributed by atoms with E-state index in [0.717, 1.165) is 12.2 Å². The molecule has 0 aliphatic rings. The highest BCUT2D eigenvalue weighted by Gasteiger charge is 2.20. The Hall–Kier alpha value is -1.49. The fourth-order valence-electron chi connectivity index (χ4n) is 1.83. The van der Waals surface area contributed by atoms with Crippen LogP contribution in [0, 0.1) is 23.7 Å². The fraction of sp³-hybridized carbons (Fsp3) is 0.588. The topological polar surface area (TPSA) is 33.0 Å². The van der Waals surface area contributed by atoms with Crippen molar-refractivity contribution in [1.29, 1.82) is 5.26 Å². The molecule has 0 aromatic heterocycles. The van der Waals surface area contributed by atoms with Crippen LogP contribution in [0.25, 0.3) is 0 Å². The predicted molar refractivity (Wildman–Crippen MR) is 79.4 cm³/mol. The minimum absolute atomic E-state index is 0.0616. The molecule has 1 aromatic carbocycles. The molecule has 0 fully saturated rings. The molecule has 0 heterocycles. The predicted octanol–water partition coefficient (Wildman–Crippen LogP) is 4.61. The van der Waals surface area contributed by atoms with Gasteiger partial charge < -0.3 is 4.74 Å². The summed E-state index contributed by atoms with van der Waals surface area (Å²) < 4.78 is 5.91. The third-order valence-corrected chi connectivity index (χ3v) is 3.23. The van der Waals surface area contributed by atoms with Crippen LogP contribution >= 0.6 is 0 Å². The van der Waals surface area contributed by atoms with Gasteiger partial charge in [-0.05, 0) is 44.2 Å². The quantitative estimate of drug-likeness (QED) is 0.791. The van der Waals surface area contributed by atoms with Crippen LogP contribution in [-0.2, 0) is 5.41 Å². The number of aryl methyl sites for hydroxylation is 1. The van der Waals surface area contributed by atoms with Gasteiger partial charge in [0.2, 0.25) is 0 Å².